The molecule has 3 rings (SSSR count). The molecule has 100 valence electrons. The zero-order valence-corrected chi connectivity index (χ0v) is 14.6. The average molecular weight is 460 g/mol. The molecule has 0 saturated heterocycles. The number of rotatable bonds is 2. The minimum absolute atomic E-state index is 0.00998. The predicted molar refractivity (Wildman–Crippen MR) is 93.6 cm³/mol. The molecule has 0 amide bonds. The zero-order chi connectivity index (χ0) is 14.3. The molecule has 0 atom stereocenters. The molecule has 1 aromatic heterocycles. The molecule has 1 N–H and O–H groups in total. The average Bonchev–Trinajstić information content (AvgIpc) is 2.86. The van der Waals surface area contributed by atoms with Crippen LogP contribution >= 0.6 is 50.1 Å². The topological polar surface area (TPSA) is 32.9 Å². The number of ketones is 1. The summed E-state index contributed by atoms with van der Waals surface area (Å²) in [5, 5.41) is 1.46. The van der Waals surface area contributed by atoms with Crippen molar-refractivity contribution in [1.82, 2.24) is 4.98 Å². The van der Waals surface area contributed by atoms with Crippen LogP contribution in [0.3, 0.4) is 0 Å². The van der Waals surface area contributed by atoms with Crippen LogP contribution in [0.15, 0.2) is 47.1 Å². The van der Waals surface area contributed by atoms with E-state index in [1.165, 1.54) is 0 Å². The first-order chi connectivity index (χ1) is 9.58. The maximum absolute atomic E-state index is 12.7. The molecular formula is C15H8BrClINO. The van der Waals surface area contributed by atoms with E-state index in [-0.39, 0.29) is 5.78 Å². The number of hydrogen-bond donors (Lipinski definition) is 1. The molecular weight excluding hydrogens is 452 g/mol. The Morgan fingerprint density at radius 3 is 2.80 bits per heavy atom. The predicted octanol–water partition coefficient (Wildman–Crippen LogP) is 5.42. The normalized spacial score (nSPS) is 10.9. The fourth-order valence-electron chi connectivity index (χ4n) is 2.12. The maximum atomic E-state index is 12.7. The Morgan fingerprint density at radius 2 is 2.00 bits per heavy atom. The smallest absolute Gasteiger partial charge is 0.196 e. The number of carbonyl (C=O) groups is 1. The summed E-state index contributed by atoms with van der Waals surface area (Å²) in [4.78, 5) is 15.8. The Balaban J connectivity index is 2.18. The fourth-order valence-corrected chi connectivity index (χ4v) is 3.29. The van der Waals surface area contributed by atoms with Crippen molar-refractivity contribution < 1.29 is 4.79 Å². The van der Waals surface area contributed by atoms with Crippen molar-refractivity contribution in [3.63, 3.8) is 0 Å². The third-order valence-electron chi connectivity index (χ3n) is 3.08. The molecule has 1 heterocycles. The molecule has 0 aliphatic heterocycles. The van der Waals surface area contributed by atoms with Crippen molar-refractivity contribution in [3.05, 3.63) is 66.8 Å². The monoisotopic (exact) mass is 459 g/mol. The molecule has 5 heteroatoms. The summed E-state index contributed by atoms with van der Waals surface area (Å²) < 4.78 is 1.81. The minimum atomic E-state index is -0.00998. The van der Waals surface area contributed by atoms with Crippen LogP contribution in [0.4, 0.5) is 0 Å². The lowest BCUT2D eigenvalue weighted by Gasteiger charge is -2.04. The van der Waals surface area contributed by atoms with E-state index in [1.807, 2.05) is 30.3 Å². The number of aromatic amines is 1. The van der Waals surface area contributed by atoms with Gasteiger partial charge in [-0.15, -0.1) is 0 Å². The Kier molecular flexibility index (Phi) is 3.88. The van der Waals surface area contributed by atoms with E-state index in [0.29, 0.717) is 16.1 Å². The summed E-state index contributed by atoms with van der Waals surface area (Å²) in [6.07, 6.45) is 1.72. The van der Waals surface area contributed by atoms with Gasteiger partial charge in [0, 0.05) is 30.8 Å². The first kappa shape index (κ1) is 14.1. The van der Waals surface area contributed by atoms with E-state index >= 15 is 0 Å². The number of benzene rings is 2. The molecule has 0 saturated carbocycles. The first-order valence-corrected chi connectivity index (χ1v) is 8.08. The van der Waals surface area contributed by atoms with Gasteiger partial charge in [0.2, 0.25) is 0 Å². The van der Waals surface area contributed by atoms with Gasteiger partial charge in [0.05, 0.1) is 10.5 Å². The van der Waals surface area contributed by atoms with Crippen LogP contribution in [0.25, 0.3) is 10.9 Å². The van der Waals surface area contributed by atoms with E-state index in [1.54, 1.807) is 12.3 Å². The zero-order valence-electron chi connectivity index (χ0n) is 10.1. The summed E-state index contributed by atoms with van der Waals surface area (Å²) >= 11 is 11.7. The van der Waals surface area contributed by atoms with Crippen molar-refractivity contribution in [3.8, 4) is 0 Å². The maximum Gasteiger partial charge on any atom is 0.196 e. The lowest BCUT2D eigenvalue weighted by molar-refractivity contribution is 0.103. The van der Waals surface area contributed by atoms with Crippen molar-refractivity contribution >= 4 is 66.8 Å². The van der Waals surface area contributed by atoms with Crippen LogP contribution in [-0.4, -0.2) is 10.8 Å². The Morgan fingerprint density at radius 1 is 1.20 bits per heavy atom. The molecule has 0 bridgehead atoms. The van der Waals surface area contributed by atoms with Crippen LogP contribution in [0.1, 0.15) is 15.9 Å². The van der Waals surface area contributed by atoms with Crippen LogP contribution in [0.5, 0.6) is 0 Å². The molecule has 2 nitrogen and oxygen atoms in total. The minimum Gasteiger partial charge on any atom is -0.359 e. The van der Waals surface area contributed by atoms with Gasteiger partial charge in [0.15, 0.2) is 5.78 Å². The van der Waals surface area contributed by atoms with Gasteiger partial charge >= 0.3 is 0 Å². The molecule has 2 aromatic carbocycles. The van der Waals surface area contributed by atoms with Gasteiger partial charge in [0.1, 0.15) is 0 Å². The van der Waals surface area contributed by atoms with E-state index in [0.717, 1.165) is 18.9 Å². The van der Waals surface area contributed by atoms with Gasteiger partial charge < -0.3 is 4.98 Å². The third kappa shape index (κ3) is 2.40. The Labute approximate surface area is 142 Å². The van der Waals surface area contributed by atoms with Crippen LogP contribution in [-0.2, 0) is 0 Å². The second-order valence-corrected chi connectivity index (χ2v) is 6.80. The van der Waals surface area contributed by atoms with Gasteiger partial charge in [-0.05, 0) is 46.9 Å². The van der Waals surface area contributed by atoms with Gasteiger partial charge in [-0.3, -0.25) is 4.79 Å². The lowest BCUT2D eigenvalue weighted by Crippen LogP contribution is -2.03. The largest absolute Gasteiger partial charge is 0.359 e. The first-order valence-electron chi connectivity index (χ1n) is 5.83. The lowest BCUT2D eigenvalue weighted by atomic mass is 10.0. The van der Waals surface area contributed by atoms with Crippen LogP contribution in [0, 0.1) is 3.57 Å². The highest BCUT2D eigenvalue weighted by atomic mass is 127. The van der Waals surface area contributed by atoms with E-state index in [9.17, 15) is 4.79 Å². The van der Waals surface area contributed by atoms with Gasteiger partial charge in [-0.1, -0.05) is 39.7 Å². The van der Waals surface area contributed by atoms with E-state index < -0.39 is 0 Å². The van der Waals surface area contributed by atoms with Gasteiger partial charge in [0.25, 0.3) is 0 Å². The molecule has 0 fully saturated rings. The molecule has 0 radical (unpaired) electrons. The van der Waals surface area contributed by atoms with Crippen molar-refractivity contribution in [2.24, 2.45) is 0 Å². The summed E-state index contributed by atoms with van der Waals surface area (Å²) in [6, 6.07) is 11.2. The highest BCUT2D eigenvalue weighted by molar-refractivity contribution is 14.1. The summed E-state index contributed by atoms with van der Waals surface area (Å²) in [5.74, 6) is -0.00998. The summed E-state index contributed by atoms with van der Waals surface area (Å²) in [7, 11) is 0. The van der Waals surface area contributed by atoms with Crippen molar-refractivity contribution in [2.75, 3.05) is 0 Å². The second-order valence-electron chi connectivity index (χ2n) is 4.32. The van der Waals surface area contributed by atoms with Crippen LogP contribution in [0.2, 0.25) is 5.02 Å². The molecule has 20 heavy (non-hydrogen) atoms. The number of nitrogens with one attached hydrogen (secondary N) is 1. The quantitative estimate of drug-likeness (QED) is 0.402. The number of fused-ring (bicyclic) bond motifs is 1. The van der Waals surface area contributed by atoms with E-state index in [4.69, 9.17) is 11.6 Å². The second kappa shape index (κ2) is 5.50. The van der Waals surface area contributed by atoms with E-state index in [2.05, 4.69) is 43.5 Å². The Hall–Kier alpha value is -0.850. The SMILES string of the molecule is O=C(c1cc(Br)ccc1I)c1c[nH]c2c(Cl)cccc12. The van der Waals surface area contributed by atoms with Crippen LogP contribution < -0.4 is 0 Å². The number of H-pyrrole nitrogens is 1. The number of halogens is 3. The number of para-hydroxylation sites is 1. The molecule has 0 aliphatic rings. The molecule has 0 spiro atoms. The molecule has 0 aliphatic carbocycles. The number of hydrogen-bond acceptors (Lipinski definition) is 1. The van der Waals surface area contributed by atoms with Gasteiger partial charge in [-0.25, -0.2) is 0 Å². The van der Waals surface area contributed by atoms with Crippen molar-refractivity contribution in [1.29, 1.82) is 0 Å². The standard InChI is InChI=1S/C15H8BrClINO/c16-8-4-5-13(18)10(6-8)15(20)11-7-19-14-9(11)2-1-3-12(14)17/h1-7,19H. The number of aromatic nitrogens is 1. The number of carbonyl (C=O) groups excluding carboxylic acids is 1. The molecule has 0 unspecified atom stereocenters. The highest BCUT2D eigenvalue weighted by Crippen LogP contribution is 2.28. The Bertz CT molecular complexity index is 828. The summed E-state index contributed by atoms with van der Waals surface area (Å²) in [6.45, 7) is 0. The highest BCUT2D eigenvalue weighted by Gasteiger charge is 2.17. The third-order valence-corrected chi connectivity index (χ3v) is 4.83. The summed E-state index contributed by atoms with van der Waals surface area (Å²) in [5.41, 5.74) is 2.11. The fraction of sp³-hybridized carbons (Fsp3) is 0. The van der Waals surface area contributed by atoms with Crippen molar-refractivity contribution in [2.45, 2.75) is 0 Å². The van der Waals surface area contributed by atoms with Gasteiger partial charge in [-0.2, -0.15) is 0 Å². The molecule has 3 aromatic rings.